The minimum Gasteiger partial charge on any atom is -0.429 e. The number of carbonyl (C=O) groups excluding carboxylic acids is 1. The van der Waals surface area contributed by atoms with E-state index >= 15 is 0 Å². The van der Waals surface area contributed by atoms with Gasteiger partial charge in [0.05, 0.1) is 0 Å². The number of cyclic esters (lactones) is 1. The fourth-order valence-electron chi connectivity index (χ4n) is 2.84. The lowest BCUT2D eigenvalue weighted by atomic mass is 10.0. The molecule has 3 nitrogen and oxygen atoms in total. The molecule has 1 aliphatic rings. The Bertz CT molecular complexity index is 873. The lowest BCUT2D eigenvalue weighted by Gasteiger charge is -2.11. The molecular formula is C21H15ClO3. The summed E-state index contributed by atoms with van der Waals surface area (Å²) in [6.07, 6.45) is -1.36. The number of esters is 1. The molecular weight excluding hydrogens is 336 g/mol. The Morgan fingerprint density at radius 2 is 1.32 bits per heavy atom. The van der Waals surface area contributed by atoms with E-state index < -0.39 is 12.4 Å². The molecule has 124 valence electrons. The van der Waals surface area contributed by atoms with E-state index in [1.54, 1.807) is 0 Å². The van der Waals surface area contributed by atoms with Crippen LogP contribution in [-0.2, 0) is 14.3 Å². The number of hydrogen-bond acceptors (Lipinski definition) is 3. The van der Waals surface area contributed by atoms with Crippen molar-refractivity contribution in [2.24, 2.45) is 0 Å². The molecule has 2 unspecified atom stereocenters. The Morgan fingerprint density at radius 3 is 1.96 bits per heavy atom. The van der Waals surface area contributed by atoms with Crippen molar-refractivity contribution in [1.82, 2.24) is 0 Å². The van der Waals surface area contributed by atoms with Gasteiger partial charge in [-0.25, -0.2) is 4.79 Å². The first kappa shape index (κ1) is 15.9. The van der Waals surface area contributed by atoms with Gasteiger partial charge in [-0.15, -0.1) is 0 Å². The van der Waals surface area contributed by atoms with Crippen molar-refractivity contribution in [3.8, 4) is 11.1 Å². The summed E-state index contributed by atoms with van der Waals surface area (Å²) in [6.45, 7) is 0. The van der Waals surface area contributed by atoms with Crippen LogP contribution in [0.15, 0.2) is 78.9 Å². The molecule has 4 rings (SSSR count). The summed E-state index contributed by atoms with van der Waals surface area (Å²) in [5, 5.41) is 0.707. The van der Waals surface area contributed by atoms with E-state index in [1.807, 2.05) is 78.9 Å². The molecule has 0 saturated carbocycles. The monoisotopic (exact) mass is 350 g/mol. The van der Waals surface area contributed by atoms with Gasteiger partial charge in [-0.1, -0.05) is 78.3 Å². The van der Waals surface area contributed by atoms with Crippen LogP contribution in [0.4, 0.5) is 0 Å². The smallest absolute Gasteiger partial charge is 0.342 e. The number of benzene rings is 3. The van der Waals surface area contributed by atoms with Gasteiger partial charge >= 0.3 is 5.97 Å². The second kappa shape index (κ2) is 6.71. The van der Waals surface area contributed by atoms with Crippen LogP contribution in [0.2, 0.25) is 5.02 Å². The van der Waals surface area contributed by atoms with Gasteiger partial charge in [-0.05, 0) is 28.8 Å². The summed E-state index contributed by atoms with van der Waals surface area (Å²) in [4.78, 5) is 12.1. The standard InChI is InChI=1S/C21H15ClO3/c22-18-12-10-15(11-13-18)14-6-8-17(9-7-14)21-24-19(20(23)25-21)16-4-2-1-3-5-16/h1-13,19,21H. The van der Waals surface area contributed by atoms with Crippen molar-refractivity contribution in [1.29, 1.82) is 0 Å². The van der Waals surface area contributed by atoms with E-state index in [4.69, 9.17) is 21.1 Å². The Morgan fingerprint density at radius 1 is 0.720 bits per heavy atom. The van der Waals surface area contributed by atoms with Crippen molar-refractivity contribution < 1.29 is 14.3 Å². The van der Waals surface area contributed by atoms with E-state index in [0.717, 1.165) is 22.3 Å². The highest BCUT2D eigenvalue weighted by atomic mass is 35.5. The zero-order chi connectivity index (χ0) is 17.2. The number of rotatable bonds is 3. The first-order chi connectivity index (χ1) is 12.2. The van der Waals surface area contributed by atoms with Gasteiger partial charge in [0, 0.05) is 10.6 Å². The van der Waals surface area contributed by atoms with Crippen LogP contribution in [0, 0.1) is 0 Å². The maximum absolute atomic E-state index is 12.1. The third kappa shape index (κ3) is 3.29. The molecule has 0 aromatic heterocycles. The van der Waals surface area contributed by atoms with E-state index in [1.165, 1.54) is 0 Å². The van der Waals surface area contributed by atoms with Crippen LogP contribution >= 0.6 is 11.6 Å². The predicted molar refractivity (Wildman–Crippen MR) is 96.0 cm³/mol. The SMILES string of the molecule is O=C1OC(c2ccc(-c3ccc(Cl)cc3)cc2)OC1c1ccccc1. The van der Waals surface area contributed by atoms with Gasteiger partial charge < -0.3 is 9.47 Å². The number of hydrogen-bond donors (Lipinski definition) is 0. The molecule has 2 atom stereocenters. The number of halogens is 1. The average Bonchev–Trinajstić information content (AvgIpc) is 3.05. The zero-order valence-electron chi connectivity index (χ0n) is 13.3. The molecule has 0 radical (unpaired) electrons. The maximum atomic E-state index is 12.1. The topological polar surface area (TPSA) is 35.5 Å². The van der Waals surface area contributed by atoms with E-state index in [-0.39, 0.29) is 5.97 Å². The molecule has 3 aromatic rings. The number of ether oxygens (including phenoxy) is 2. The van der Waals surface area contributed by atoms with Gasteiger partial charge in [0.25, 0.3) is 0 Å². The second-order valence-corrected chi connectivity index (χ2v) is 6.26. The van der Waals surface area contributed by atoms with Gasteiger partial charge in [-0.2, -0.15) is 0 Å². The lowest BCUT2D eigenvalue weighted by molar-refractivity contribution is -0.144. The van der Waals surface area contributed by atoms with E-state index in [9.17, 15) is 4.79 Å². The summed E-state index contributed by atoms with van der Waals surface area (Å²) in [7, 11) is 0. The van der Waals surface area contributed by atoms with Gasteiger partial charge in [0.1, 0.15) is 0 Å². The Hall–Kier alpha value is -2.62. The first-order valence-corrected chi connectivity index (χ1v) is 8.35. The quantitative estimate of drug-likeness (QED) is 0.600. The third-order valence-corrected chi connectivity index (χ3v) is 4.41. The van der Waals surface area contributed by atoms with Crippen LogP contribution in [0.5, 0.6) is 0 Å². The summed E-state index contributed by atoms with van der Waals surface area (Å²) in [6, 6.07) is 24.8. The summed E-state index contributed by atoms with van der Waals surface area (Å²) < 4.78 is 11.2. The summed E-state index contributed by atoms with van der Waals surface area (Å²) in [5.74, 6) is -0.363. The Labute approximate surface area is 150 Å². The minimum absolute atomic E-state index is 0.363. The van der Waals surface area contributed by atoms with Gasteiger partial charge in [0.15, 0.2) is 6.10 Å². The molecule has 3 aromatic carbocycles. The molecule has 25 heavy (non-hydrogen) atoms. The average molecular weight is 351 g/mol. The van der Waals surface area contributed by atoms with Crippen molar-refractivity contribution >= 4 is 17.6 Å². The lowest BCUT2D eigenvalue weighted by Crippen LogP contribution is -2.06. The van der Waals surface area contributed by atoms with Crippen LogP contribution in [0.3, 0.4) is 0 Å². The van der Waals surface area contributed by atoms with Crippen molar-refractivity contribution in [3.63, 3.8) is 0 Å². The molecule has 0 aliphatic carbocycles. The van der Waals surface area contributed by atoms with Gasteiger partial charge in [-0.3, -0.25) is 0 Å². The fourth-order valence-corrected chi connectivity index (χ4v) is 2.96. The van der Waals surface area contributed by atoms with Crippen LogP contribution in [0.25, 0.3) is 11.1 Å². The van der Waals surface area contributed by atoms with E-state index in [0.29, 0.717) is 5.02 Å². The summed E-state index contributed by atoms with van der Waals surface area (Å²) >= 11 is 5.92. The first-order valence-electron chi connectivity index (χ1n) is 7.97. The molecule has 0 spiro atoms. The predicted octanol–water partition coefficient (Wildman–Crippen LogP) is 5.32. The van der Waals surface area contributed by atoms with Gasteiger partial charge in [0.2, 0.25) is 6.29 Å². The summed E-state index contributed by atoms with van der Waals surface area (Å²) in [5.41, 5.74) is 3.74. The van der Waals surface area contributed by atoms with Crippen molar-refractivity contribution in [3.05, 3.63) is 95.0 Å². The zero-order valence-corrected chi connectivity index (χ0v) is 14.0. The highest BCUT2D eigenvalue weighted by molar-refractivity contribution is 6.30. The van der Waals surface area contributed by atoms with Crippen LogP contribution in [0.1, 0.15) is 23.5 Å². The molecule has 0 bridgehead atoms. The highest BCUT2D eigenvalue weighted by Crippen LogP contribution is 2.36. The molecule has 1 heterocycles. The fraction of sp³-hybridized carbons (Fsp3) is 0.0952. The van der Waals surface area contributed by atoms with Crippen molar-refractivity contribution in [2.45, 2.75) is 12.4 Å². The maximum Gasteiger partial charge on any atom is 0.342 e. The van der Waals surface area contributed by atoms with E-state index in [2.05, 4.69) is 0 Å². The van der Waals surface area contributed by atoms with Crippen molar-refractivity contribution in [2.75, 3.05) is 0 Å². The largest absolute Gasteiger partial charge is 0.429 e. The van der Waals surface area contributed by atoms with Crippen LogP contribution < -0.4 is 0 Å². The molecule has 0 amide bonds. The molecule has 1 aliphatic heterocycles. The normalized spacial score (nSPS) is 19.6. The molecule has 1 fully saturated rings. The Balaban J connectivity index is 1.53. The Kier molecular flexibility index (Phi) is 4.26. The minimum atomic E-state index is -0.683. The molecule has 1 saturated heterocycles. The number of carbonyl (C=O) groups is 1. The third-order valence-electron chi connectivity index (χ3n) is 4.16. The molecule has 4 heteroatoms. The second-order valence-electron chi connectivity index (χ2n) is 5.82. The highest BCUT2D eigenvalue weighted by Gasteiger charge is 2.37. The van der Waals surface area contributed by atoms with Crippen LogP contribution in [-0.4, -0.2) is 5.97 Å². The molecule has 0 N–H and O–H groups in total.